The van der Waals surface area contributed by atoms with Crippen LogP contribution in [0.15, 0.2) is 47.4 Å². The number of anilines is 3. The highest BCUT2D eigenvalue weighted by Crippen LogP contribution is 2.34. The van der Waals surface area contributed by atoms with Gasteiger partial charge in [-0.15, -0.1) is 11.8 Å². The second kappa shape index (κ2) is 9.49. The van der Waals surface area contributed by atoms with E-state index in [0.29, 0.717) is 5.13 Å². The maximum absolute atomic E-state index is 12.8. The van der Waals surface area contributed by atoms with E-state index in [1.54, 1.807) is 18.2 Å². The van der Waals surface area contributed by atoms with E-state index in [-0.39, 0.29) is 43.8 Å². The maximum Gasteiger partial charge on any atom is 0.315 e. The van der Waals surface area contributed by atoms with Crippen LogP contribution in [0, 0.1) is 0 Å². The molecule has 0 atom stereocenters. The number of ether oxygens (including phenoxy) is 1. The second-order valence-electron chi connectivity index (χ2n) is 5.67. The Morgan fingerprint density at radius 2 is 1.83 bits per heavy atom. The Hall–Kier alpha value is -2.26. The van der Waals surface area contributed by atoms with Crippen LogP contribution in [-0.2, 0) is 9.53 Å². The number of nitrogens with zero attached hydrogens (tertiary/aromatic N) is 1. The number of nitrogen functional groups attached to an aromatic ring is 1. The van der Waals surface area contributed by atoms with E-state index in [0.717, 1.165) is 21.9 Å². The molecule has 0 aliphatic carbocycles. The summed E-state index contributed by atoms with van der Waals surface area (Å²) >= 11 is 14.7. The Kier molecular flexibility index (Phi) is 7.02. The first-order valence-electron chi connectivity index (χ1n) is 8.20. The SMILES string of the molecule is COC(=O)CSc1ccc(Nc2nc(N)c(C(=O)c3c(Cl)cccc3Cl)s2)cc1. The number of esters is 1. The molecule has 0 amide bonds. The predicted octanol–water partition coefficient (Wildman–Crippen LogP) is 5.27. The second-order valence-corrected chi connectivity index (χ2v) is 8.54. The zero-order valence-corrected chi connectivity index (χ0v) is 18.2. The number of rotatable bonds is 7. The summed E-state index contributed by atoms with van der Waals surface area (Å²) in [5.74, 6) is -0.323. The van der Waals surface area contributed by atoms with Crippen LogP contribution in [-0.4, -0.2) is 29.6 Å². The molecule has 29 heavy (non-hydrogen) atoms. The molecular formula is C19H15Cl2N3O3S2. The lowest BCUT2D eigenvalue weighted by molar-refractivity contribution is -0.137. The van der Waals surface area contributed by atoms with E-state index in [2.05, 4.69) is 15.0 Å². The summed E-state index contributed by atoms with van der Waals surface area (Å²) in [6.07, 6.45) is 0. The van der Waals surface area contributed by atoms with Crippen molar-refractivity contribution in [2.45, 2.75) is 4.90 Å². The van der Waals surface area contributed by atoms with E-state index in [9.17, 15) is 9.59 Å². The lowest BCUT2D eigenvalue weighted by atomic mass is 10.1. The quantitative estimate of drug-likeness (QED) is 0.277. The van der Waals surface area contributed by atoms with Crippen molar-refractivity contribution in [1.82, 2.24) is 4.98 Å². The number of halogens is 2. The third-order valence-electron chi connectivity index (χ3n) is 3.74. The molecule has 0 aliphatic rings. The molecule has 10 heteroatoms. The first-order chi connectivity index (χ1) is 13.9. The van der Waals surface area contributed by atoms with Gasteiger partial charge in [0.1, 0.15) is 10.7 Å². The van der Waals surface area contributed by atoms with E-state index in [1.807, 2.05) is 24.3 Å². The number of nitrogens with two attached hydrogens (primary N) is 1. The molecule has 1 aromatic heterocycles. The van der Waals surface area contributed by atoms with Gasteiger partial charge in [-0.2, -0.15) is 0 Å². The van der Waals surface area contributed by atoms with Crippen molar-refractivity contribution < 1.29 is 14.3 Å². The van der Waals surface area contributed by atoms with Crippen molar-refractivity contribution >= 4 is 74.7 Å². The van der Waals surface area contributed by atoms with Gasteiger partial charge in [-0.3, -0.25) is 9.59 Å². The van der Waals surface area contributed by atoms with Crippen LogP contribution in [0.25, 0.3) is 0 Å². The molecule has 150 valence electrons. The normalized spacial score (nSPS) is 10.6. The Morgan fingerprint density at radius 1 is 1.17 bits per heavy atom. The zero-order chi connectivity index (χ0) is 21.0. The van der Waals surface area contributed by atoms with E-state index in [1.165, 1.54) is 18.9 Å². The van der Waals surface area contributed by atoms with Gasteiger partial charge in [-0.25, -0.2) is 4.98 Å². The number of aromatic nitrogens is 1. The van der Waals surface area contributed by atoms with Crippen LogP contribution in [0.4, 0.5) is 16.6 Å². The van der Waals surface area contributed by atoms with E-state index >= 15 is 0 Å². The van der Waals surface area contributed by atoms with Crippen molar-refractivity contribution in [3.8, 4) is 0 Å². The van der Waals surface area contributed by atoms with Crippen molar-refractivity contribution in [1.29, 1.82) is 0 Å². The predicted molar refractivity (Wildman–Crippen MR) is 119 cm³/mol. The zero-order valence-electron chi connectivity index (χ0n) is 15.1. The van der Waals surface area contributed by atoms with Gasteiger partial charge in [0.25, 0.3) is 0 Å². The van der Waals surface area contributed by atoms with Gasteiger partial charge in [0.05, 0.1) is 28.5 Å². The highest BCUT2D eigenvalue weighted by Gasteiger charge is 2.22. The Labute approximate surface area is 185 Å². The molecule has 3 N–H and O–H groups in total. The molecule has 0 fully saturated rings. The van der Waals surface area contributed by atoms with Crippen molar-refractivity contribution in [3.05, 3.63) is 63.0 Å². The summed E-state index contributed by atoms with van der Waals surface area (Å²) in [7, 11) is 1.36. The van der Waals surface area contributed by atoms with E-state index < -0.39 is 0 Å². The molecule has 0 spiro atoms. The molecule has 0 aliphatic heterocycles. The number of nitrogens with one attached hydrogen (secondary N) is 1. The van der Waals surface area contributed by atoms with Crippen molar-refractivity contribution in [2.24, 2.45) is 0 Å². The summed E-state index contributed by atoms with van der Waals surface area (Å²) in [5, 5.41) is 4.08. The summed E-state index contributed by atoms with van der Waals surface area (Å²) in [4.78, 5) is 29.4. The molecule has 0 radical (unpaired) electrons. The fraction of sp³-hybridized carbons (Fsp3) is 0.105. The minimum atomic E-state index is -0.377. The number of benzene rings is 2. The number of thiazole rings is 1. The van der Waals surface area contributed by atoms with Gasteiger partial charge < -0.3 is 15.8 Å². The highest BCUT2D eigenvalue weighted by atomic mass is 35.5. The number of hydrogen-bond donors (Lipinski definition) is 2. The number of carbonyl (C=O) groups is 2. The van der Waals surface area contributed by atoms with Gasteiger partial charge >= 0.3 is 5.97 Å². The number of methoxy groups -OCH3 is 1. The standard InChI is InChI=1S/C19H15Cl2N3O3S2/c1-27-14(25)9-28-11-7-5-10(6-8-11)23-19-24-18(22)17(29-19)16(26)15-12(20)3-2-4-13(15)21/h2-8H,9,22H2,1H3,(H,23,24). The average molecular weight is 468 g/mol. The molecular weight excluding hydrogens is 453 g/mol. The van der Waals surface area contributed by atoms with Crippen LogP contribution in [0.2, 0.25) is 10.0 Å². The first kappa shape index (κ1) is 21.4. The van der Waals surface area contributed by atoms with Crippen LogP contribution in [0.1, 0.15) is 15.2 Å². The summed E-state index contributed by atoms with van der Waals surface area (Å²) < 4.78 is 4.62. The Morgan fingerprint density at radius 3 is 2.45 bits per heavy atom. The lowest BCUT2D eigenvalue weighted by Crippen LogP contribution is -2.04. The number of carbonyl (C=O) groups excluding carboxylic acids is 2. The molecule has 0 bridgehead atoms. The minimum absolute atomic E-state index is 0.101. The number of thioether (sulfide) groups is 1. The van der Waals surface area contributed by atoms with Gasteiger partial charge in [0.15, 0.2) is 5.13 Å². The van der Waals surface area contributed by atoms with Crippen LogP contribution >= 0.6 is 46.3 Å². The van der Waals surface area contributed by atoms with Gasteiger partial charge in [0.2, 0.25) is 5.78 Å². The molecule has 0 saturated heterocycles. The molecule has 0 saturated carbocycles. The minimum Gasteiger partial charge on any atom is -0.468 e. The number of hydrogen-bond acceptors (Lipinski definition) is 8. The lowest BCUT2D eigenvalue weighted by Gasteiger charge is -2.05. The average Bonchev–Trinajstić information content (AvgIpc) is 3.07. The van der Waals surface area contributed by atoms with Crippen LogP contribution in [0.3, 0.4) is 0 Å². The molecule has 0 unspecified atom stereocenters. The van der Waals surface area contributed by atoms with Gasteiger partial charge in [-0.05, 0) is 36.4 Å². The smallest absolute Gasteiger partial charge is 0.315 e. The van der Waals surface area contributed by atoms with E-state index in [4.69, 9.17) is 28.9 Å². The van der Waals surface area contributed by atoms with Gasteiger partial charge in [-0.1, -0.05) is 40.6 Å². The maximum atomic E-state index is 12.8. The molecule has 3 rings (SSSR count). The fourth-order valence-corrected chi connectivity index (χ4v) is 4.49. The number of ketones is 1. The molecule has 1 heterocycles. The summed E-state index contributed by atoms with van der Waals surface area (Å²) in [5.41, 5.74) is 6.90. The van der Waals surface area contributed by atoms with Crippen molar-refractivity contribution in [2.75, 3.05) is 23.9 Å². The monoisotopic (exact) mass is 467 g/mol. The van der Waals surface area contributed by atoms with Gasteiger partial charge in [0, 0.05) is 10.6 Å². The molecule has 2 aromatic carbocycles. The molecule has 6 nitrogen and oxygen atoms in total. The Bertz CT molecular complexity index is 1040. The topological polar surface area (TPSA) is 94.3 Å². The Balaban J connectivity index is 1.74. The van der Waals surface area contributed by atoms with Crippen LogP contribution in [0.5, 0.6) is 0 Å². The third kappa shape index (κ3) is 5.22. The highest BCUT2D eigenvalue weighted by molar-refractivity contribution is 8.00. The van der Waals surface area contributed by atoms with Crippen molar-refractivity contribution in [3.63, 3.8) is 0 Å². The summed E-state index contributed by atoms with van der Waals surface area (Å²) in [6, 6.07) is 12.3. The third-order valence-corrected chi connectivity index (χ3v) is 6.34. The fourth-order valence-electron chi connectivity index (χ4n) is 2.34. The summed E-state index contributed by atoms with van der Waals surface area (Å²) in [6.45, 7) is 0. The largest absolute Gasteiger partial charge is 0.468 e. The first-order valence-corrected chi connectivity index (χ1v) is 10.8. The molecule has 3 aromatic rings. The van der Waals surface area contributed by atoms with Crippen LogP contribution < -0.4 is 11.1 Å².